The number of benzene rings is 1. The van der Waals surface area contributed by atoms with Gasteiger partial charge in [-0.25, -0.2) is 4.68 Å². The first-order chi connectivity index (χ1) is 11.1. The Morgan fingerprint density at radius 1 is 1.30 bits per heavy atom. The minimum absolute atomic E-state index is 0.142. The number of amides is 1. The lowest BCUT2D eigenvalue weighted by Gasteiger charge is -2.07. The van der Waals surface area contributed by atoms with E-state index >= 15 is 0 Å². The van der Waals surface area contributed by atoms with Crippen LogP contribution in [-0.2, 0) is 6.54 Å². The van der Waals surface area contributed by atoms with E-state index in [0.29, 0.717) is 5.69 Å². The highest BCUT2D eigenvalue weighted by Crippen LogP contribution is 2.22. The molecule has 0 aliphatic rings. The maximum absolute atomic E-state index is 12.5. The molecule has 120 valence electrons. The first-order valence-electron chi connectivity index (χ1n) is 8.01. The standard InChI is InChI=1S/C18H22N4O/c1-4-5-8-22-17(6-7-19-22)21-18(23)16-11-14-13(3)9-12(2)10-15(14)20-16/h6-7,9-11,20H,4-5,8H2,1-3H3,(H,21,23). The molecule has 5 nitrogen and oxygen atoms in total. The number of nitrogens with one attached hydrogen (secondary N) is 2. The smallest absolute Gasteiger partial charge is 0.273 e. The van der Waals surface area contributed by atoms with E-state index in [1.165, 1.54) is 11.1 Å². The van der Waals surface area contributed by atoms with Gasteiger partial charge in [0.05, 0.1) is 6.20 Å². The molecule has 0 bridgehead atoms. The van der Waals surface area contributed by atoms with E-state index in [9.17, 15) is 4.79 Å². The summed E-state index contributed by atoms with van der Waals surface area (Å²) >= 11 is 0. The van der Waals surface area contributed by atoms with Crippen molar-refractivity contribution >= 4 is 22.6 Å². The van der Waals surface area contributed by atoms with Crippen molar-refractivity contribution in [2.24, 2.45) is 0 Å². The molecule has 3 aromatic rings. The maximum atomic E-state index is 12.5. The third-order valence-corrected chi connectivity index (χ3v) is 4.02. The highest BCUT2D eigenvalue weighted by molar-refractivity contribution is 6.06. The molecule has 0 atom stereocenters. The molecule has 0 radical (unpaired) electrons. The van der Waals surface area contributed by atoms with Crippen LogP contribution in [-0.4, -0.2) is 20.7 Å². The van der Waals surface area contributed by atoms with Crippen LogP contribution >= 0.6 is 0 Å². The van der Waals surface area contributed by atoms with Crippen LogP contribution < -0.4 is 5.32 Å². The zero-order valence-electron chi connectivity index (χ0n) is 13.8. The Morgan fingerprint density at radius 2 is 2.13 bits per heavy atom. The number of hydrogen-bond donors (Lipinski definition) is 2. The quantitative estimate of drug-likeness (QED) is 0.747. The first-order valence-corrected chi connectivity index (χ1v) is 8.01. The molecular weight excluding hydrogens is 288 g/mol. The van der Waals surface area contributed by atoms with E-state index in [1.807, 2.05) is 16.8 Å². The van der Waals surface area contributed by atoms with E-state index in [1.54, 1.807) is 6.20 Å². The van der Waals surface area contributed by atoms with Crippen molar-refractivity contribution in [1.29, 1.82) is 0 Å². The molecular formula is C18H22N4O. The fourth-order valence-corrected chi connectivity index (χ4v) is 2.83. The monoisotopic (exact) mass is 310 g/mol. The van der Waals surface area contributed by atoms with Crippen molar-refractivity contribution < 1.29 is 4.79 Å². The Bertz CT molecular complexity index is 844. The molecule has 0 saturated carbocycles. The van der Waals surface area contributed by atoms with Gasteiger partial charge in [0.1, 0.15) is 11.5 Å². The lowest BCUT2D eigenvalue weighted by atomic mass is 10.1. The molecule has 0 aliphatic carbocycles. The van der Waals surface area contributed by atoms with Gasteiger partial charge < -0.3 is 10.3 Å². The maximum Gasteiger partial charge on any atom is 0.273 e. The van der Waals surface area contributed by atoms with Gasteiger partial charge in [-0.15, -0.1) is 0 Å². The normalized spacial score (nSPS) is 11.1. The summed E-state index contributed by atoms with van der Waals surface area (Å²) in [5.41, 5.74) is 3.91. The highest BCUT2D eigenvalue weighted by Gasteiger charge is 2.13. The van der Waals surface area contributed by atoms with E-state index in [4.69, 9.17) is 0 Å². The summed E-state index contributed by atoms with van der Waals surface area (Å²) in [6.45, 7) is 7.06. The third-order valence-electron chi connectivity index (χ3n) is 4.02. The van der Waals surface area contributed by atoms with E-state index in [0.717, 1.165) is 36.1 Å². The number of rotatable bonds is 5. The van der Waals surface area contributed by atoms with Crippen molar-refractivity contribution in [2.75, 3.05) is 5.32 Å². The number of aryl methyl sites for hydroxylation is 3. The molecule has 2 aromatic heterocycles. The number of carbonyl (C=O) groups is 1. The van der Waals surface area contributed by atoms with Gasteiger partial charge in [0, 0.05) is 23.5 Å². The Labute approximate surface area is 135 Å². The summed E-state index contributed by atoms with van der Waals surface area (Å²) < 4.78 is 1.83. The molecule has 0 saturated heterocycles. The molecule has 2 heterocycles. The Morgan fingerprint density at radius 3 is 2.91 bits per heavy atom. The fraction of sp³-hybridized carbons (Fsp3) is 0.333. The van der Waals surface area contributed by atoms with Crippen LogP contribution in [0.1, 0.15) is 41.4 Å². The van der Waals surface area contributed by atoms with E-state index < -0.39 is 0 Å². The molecule has 23 heavy (non-hydrogen) atoms. The summed E-state index contributed by atoms with van der Waals surface area (Å²) in [5.74, 6) is 0.589. The molecule has 0 spiro atoms. The summed E-state index contributed by atoms with van der Waals surface area (Å²) in [7, 11) is 0. The zero-order chi connectivity index (χ0) is 16.4. The largest absolute Gasteiger partial charge is 0.351 e. The Kier molecular flexibility index (Phi) is 4.19. The van der Waals surface area contributed by atoms with Gasteiger partial charge >= 0.3 is 0 Å². The molecule has 1 amide bonds. The van der Waals surface area contributed by atoms with E-state index in [2.05, 4.69) is 48.3 Å². The number of aromatic amines is 1. The predicted molar refractivity (Wildman–Crippen MR) is 92.9 cm³/mol. The van der Waals surface area contributed by atoms with Gasteiger partial charge in [0.25, 0.3) is 5.91 Å². The van der Waals surface area contributed by atoms with Crippen LogP contribution in [0, 0.1) is 13.8 Å². The van der Waals surface area contributed by atoms with Crippen LogP contribution in [0.25, 0.3) is 10.9 Å². The zero-order valence-corrected chi connectivity index (χ0v) is 13.8. The van der Waals surface area contributed by atoms with Gasteiger partial charge in [-0.05, 0) is 43.5 Å². The molecule has 0 unspecified atom stereocenters. The van der Waals surface area contributed by atoms with Crippen LogP contribution in [0.5, 0.6) is 0 Å². The van der Waals surface area contributed by atoms with Crippen molar-refractivity contribution in [2.45, 2.75) is 40.2 Å². The van der Waals surface area contributed by atoms with Gasteiger partial charge in [-0.3, -0.25) is 4.79 Å². The third kappa shape index (κ3) is 3.13. The van der Waals surface area contributed by atoms with Crippen molar-refractivity contribution in [3.05, 3.63) is 47.3 Å². The van der Waals surface area contributed by atoms with Gasteiger partial charge in [-0.1, -0.05) is 19.4 Å². The summed E-state index contributed by atoms with van der Waals surface area (Å²) in [4.78, 5) is 15.7. The van der Waals surface area contributed by atoms with Crippen LogP contribution in [0.15, 0.2) is 30.5 Å². The Balaban J connectivity index is 1.84. The second-order valence-electron chi connectivity index (χ2n) is 5.97. The second-order valence-corrected chi connectivity index (χ2v) is 5.97. The van der Waals surface area contributed by atoms with Crippen molar-refractivity contribution in [1.82, 2.24) is 14.8 Å². The molecule has 3 rings (SSSR count). The minimum Gasteiger partial charge on any atom is -0.351 e. The molecule has 5 heteroatoms. The van der Waals surface area contributed by atoms with E-state index in [-0.39, 0.29) is 5.91 Å². The van der Waals surface area contributed by atoms with Crippen LogP contribution in [0.2, 0.25) is 0 Å². The number of aromatic nitrogens is 3. The van der Waals surface area contributed by atoms with Crippen molar-refractivity contribution in [3.63, 3.8) is 0 Å². The predicted octanol–water partition coefficient (Wildman–Crippen LogP) is 4.03. The lowest BCUT2D eigenvalue weighted by molar-refractivity contribution is 0.102. The number of nitrogens with zero attached hydrogens (tertiary/aromatic N) is 2. The molecule has 1 aromatic carbocycles. The SMILES string of the molecule is CCCCn1nccc1NC(=O)c1cc2c(C)cc(C)cc2[nH]1. The topological polar surface area (TPSA) is 62.7 Å². The number of fused-ring (bicyclic) bond motifs is 1. The van der Waals surface area contributed by atoms with Gasteiger partial charge in [0.15, 0.2) is 0 Å². The molecule has 0 fully saturated rings. The second kappa shape index (κ2) is 6.28. The Hall–Kier alpha value is -2.56. The lowest BCUT2D eigenvalue weighted by Crippen LogP contribution is -2.16. The fourth-order valence-electron chi connectivity index (χ4n) is 2.83. The minimum atomic E-state index is -0.142. The number of carbonyl (C=O) groups excluding carboxylic acids is 1. The van der Waals surface area contributed by atoms with Crippen LogP contribution in [0.4, 0.5) is 5.82 Å². The molecule has 2 N–H and O–H groups in total. The highest BCUT2D eigenvalue weighted by atomic mass is 16.2. The van der Waals surface area contributed by atoms with Gasteiger partial charge in [0.2, 0.25) is 0 Å². The number of hydrogen-bond acceptors (Lipinski definition) is 2. The average molecular weight is 310 g/mol. The summed E-state index contributed by atoms with van der Waals surface area (Å²) in [5, 5.41) is 8.29. The number of unbranched alkanes of at least 4 members (excludes halogenated alkanes) is 1. The summed E-state index contributed by atoms with van der Waals surface area (Å²) in [6, 6.07) is 7.92. The van der Waals surface area contributed by atoms with Crippen molar-refractivity contribution in [3.8, 4) is 0 Å². The van der Waals surface area contributed by atoms with Crippen LogP contribution in [0.3, 0.4) is 0 Å². The summed E-state index contributed by atoms with van der Waals surface area (Å²) in [6.07, 6.45) is 3.84. The number of H-pyrrole nitrogens is 1. The number of anilines is 1. The van der Waals surface area contributed by atoms with Gasteiger partial charge in [-0.2, -0.15) is 5.10 Å². The first kappa shape index (κ1) is 15.3. The molecule has 0 aliphatic heterocycles. The average Bonchev–Trinajstić information content (AvgIpc) is 3.11.